The molecule has 0 nitrogen and oxygen atoms in total. The zero-order valence-corrected chi connectivity index (χ0v) is 7.94. The second kappa shape index (κ2) is 3.49. The zero-order valence-electron chi connectivity index (χ0n) is 7.94. The second-order valence-electron chi connectivity index (χ2n) is 3.99. The van der Waals surface area contributed by atoms with Gasteiger partial charge in [-0.3, -0.25) is 0 Å². The summed E-state index contributed by atoms with van der Waals surface area (Å²) in [5.74, 6) is 0.693. The number of hydrogen-bond donors (Lipinski definition) is 0. The monoisotopic (exact) mass is 177 g/mol. The molecule has 1 aromatic carbocycles. The normalized spacial score (nSPS) is 17.1. The van der Waals surface area contributed by atoms with Crippen LogP contribution in [0.3, 0.4) is 0 Å². The van der Waals surface area contributed by atoms with Crippen molar-refractivity contribution in [2.75, 3.05) is 0 Å². The second-order valence-corrected chi connectivity index (χ2v) is 3.99. The molecule has 69 valence electrons. The molecule has 1 aromatic rings. The lowest BCUT2D eigenvalue weighted by Gasteiger charge is -2.25. The number of rotatable bonds is 2. The van der Waals surface area contributed by atoms with Gasteiger partial charge in [-0.25, -0.2) is 4.39 Å². The third kappa shape index (κ3) is 1.90. The highest BCUT2D eigenvalue weighted by Crippen LogP contribution is 2.29. The van der Waals surface area contributed by atoms with E-state index in [2.05, 4.69) is 6.07 Å². The maximum atomic E-state index is 12.9. The van der Waals surface area contributed by atoms with Gasteiger partial charge in [0.05, 0.1) is 0 Å². The van der Waals surface area contributed by atoms with Crippen LogP contribution >= 0.6 is 0 Å². The fourth-order valence-electron chi connectivity index (χ4n) is 1.77. The maximum absolute atomic E-state index is 12.9. The third-order valence-electron chi connectivity index (χ3n) is 2.89. The van der Waals surface area contributed by atoms with E-state index in [0.717, 1.165) is 17.9 Å². The van der Waals surface area contributed by atoms with Gasteiger partial charge in [0.25, 0.3) is 0 Å². The highest BCUT2D eigenvalue weighted by molar-refractivity contribution is 5.23. The summed E-state index contributed by atoms with van der Waals surface area (Å²) < 4.78 is 12.9. The van der Waals surface area contributed by atoms with Crippen LogP contribution in [0.5, 0.6) is 0 Å². The Bertz CT molecular complexity index is 300. The molecule has 0 unspecified atom stereocenters. The van der Waals surface area contributed by atoms with Crippen molar-refractivity contribution in [3.8, 4) is 0 Å². The molecule has 13 heavy (non-hydrogen) atoms. The summed E-state index contributed by atoms with van der Waals surface area (Å²) in [6.07, 6.45) is 5.13. The number of hydrogen-bond acceptors (Lipinski definition) is 0. The summed E-state index contributed by atoms with van der Waals surface area (Å²) in [4.78, 5) is 0. The predicted octanol–water partition coefficient (Wildman–Crippen LogP) is 3.28. The smallest absolute Gasteiger partial charge is 0.126 e. The van der Waals surface area contributed by atoms with Gasteiger partial charge in [0.2, 0.25) is 0 Å². The average molecular weight is 177 g/mol. The zero-order chi connectivity index (χ0) is 9.26. The Kier molecular flexibility index (Phi) is 2.34. The molecule has 0 saturated heterocycles. The number of halogens is 1. The van der Waals surface area contributed by atoms with Crippen molar-refractivity contribution in [3.63, 3.8) is 0 Å². The van der Waals surface area contributed by atoms with Crippen molar-refractivity contribution in [1.82, 2.24) is 0 Å². The van der Waals surface area contributed by atoms with Crippen LogP contribution in [0.2, 0.25) is 0 Å². The van der Waals surface area contributed by atoms with E-state index in [-0.39, 0.29) is 5.82 Å². The van der Waals surface area contributed by atoms with Crippen LogP contribution in [0.1, 0.15) is 30.4 Å². The molecule has 2 rings (SSSR count). The van der Waals surface area contributed by atoms with Gasteiger partial charge in [0.15, 0.2) is 0 Å². The minimum Gasteiger partial charge on any atom is -0.207 e. The molecule has 0 aromatic heterocycles. The molecule has 0 heterocycles. The molecule has 0 amide bonds. The Balaban J connectivity index is 2.07. The Morgan fingerprint density at radius 2 is 2.31 bits per heavy atom. The van der Waals surface area contributed by atoms with Gasteiger partial charge in [-0.15, -0.1) is 0 Å². The van der Waals surface area contributed by atoms with Gasteiger partial charge < -0.3 is 0 Å². The highest BCUT2D eigenvalue weighted by atomic mass is 19.1. The first kappa shape index (κ1) is 8.74. The van der Waals surface area contributed by atoms with E-state index >= 15 is 0 Å². The molecular formula is C12H14F. The average Bonchev–Trinajstić information content (AvgIpc) is 2.04. The van der Waals surface area contributed by atoms with E-state index in [1.54, 1.807) is 0 Å². The van der Waals surface area contributed by atoms with E-state index in [9.17, 15) is 4.39 Å². The fraction of sp³-hybridized carbons (Fsp3) is 0.500. The highest BCUT2D eigenvalue weighted by Gasteiger charge is 2.17. The third-order valence-corrected chi connectivity index (χ3v) is 2.89. The summed E-state index contributed by atoms with van der Waals surface area (Å²) in [5, 5.41) is 0. The molecule has 1 saturated carbocycles. The van der Waals surface area contributed by atoms with E-state index in [0.29, 0.717) is 0 Å². The van der Waals surface area contributed by atoms with Crippen molar-refractivity contribution in [2.45, 2.75) is 32.6 Å². The summed E-state index contributed by atoms with van der Waals surface area (Å²) in [5.41, 5.74) is 1.91. The van der Waals surface area contributed by atoms with Crippen molar-refractivity contribution in [2.24, 2.45) is 5.92 Å². The Labute approximate surface area is 78.8 Å². The fourth-order valence-corrected chi connectivity index (χ4v) is 1.77. The molecule has 1 fully saturated rings. The van der Waals surface area contributed by atoms with E-state index in [4.69, 9.17) is 0 Å². The number of benzene rings is 1. The van der Waals surface area contributed by atoms with Gasteiger partial charge >= 0.3 is 0 Å². The van der Waals surface area contributed by atoms with Crippen molar-refractivity contribution in [3.05, 3.63) is 35.1 Å². The lowest BCUT2D eigenvalue weighted by Crippen LogP contribution is -2.13. The summed E-state index contributed by atoms with van der Waals surface area (Å²) >= 11 is 0. The van der Waals surface area contributed by atoms with Crippen LogP contribution in [-0.4, -0.2) is 0 Å². The standard InChI is InChI=1S/C12H14F/c1-9-7-11(5-6-12(9)13)8-10-3-2-4-10/h6-7,10H,2-4,8H2,1H3. The van der Waals surface area contributed by atoms with Crippen LogP contribution in [0.25, 0.3) is 0 Å². The van der Waals surface area contributed by atoms with Crippen molar-refractivity contribution in [1.29, 1.82) is 0 Å². The van der Waals surface area contributed by atoms with Gasteiger partial charge in [-0.2, -0.15) is 0 Å². The van der Waals surface area contributed by atoms with Gasteiger partial charge in [0.1, 0.15) is 5.82 Å². The van der Waals surface area contributed by atoms with Gasteiger partial charge in [0, 0.05) is 0 Å². The predicted molar refractivity (Wildman–Crippen MR) is 51.0 cm³/mol. The van der Waals surface area contributed by atoms with Crippen LogP contribution in [-0.2, 0) is 6.42 Å². The largest absolute Gasteiger partial charge is 0.207 e. The van der Waals surface area contributed by atoms with E-state index in [1.165, 1.54) is 30.9 Å². The maximum Gasteiger partial charge on any atom is 0.126 e. The van der Waals surface area contributed by atoms with Crippen LogP contribution in [0.15, 0.2) is 12.1 Å². The summed E-state index contributed by atoms with van der Waals surface area (Å²) in [6.45, 7) is 1.81. The van der Waals surface area contributed by atoms with Crippen molar-refractivity contribution < 1.29 is 4.39 Å². The first-order chi connectivity index (χ1) is 6.25. The quantitative estimate of drug-likeness (QED) is 0.650. The van der Waals surface area contributed by atoms with Gasteiger partial charge in [-0.05, 0) is 42.5 Å². The van der Waals surface area contributed by atoms with Gasteiger partial charge in [-0.1, -0.05) is 25.3 Å². The molecule has 0 atom stereocenters. The molecule has 0 aliphatic heterocycles. The lowest BCUT2D eigenvalue weighted by atomic mass is 9.81. The first-order valence-corrected chi connectivity index (χ1v) is 4.92. The van der Waals surface area contributed by atoms with E-state index in [1.807, 2.05) is 13.0 Å². The molecular weight excluding hydrogens is 163 g/mol. The molecule has 0 bridgehead atoms. The minimum atomic E-state index is -0.141. The summed E-state index contributed by atoms with van der Waals surface area (Å²) in [6, 6.07) is 6.39. The topological polar surface area (TPSA) is 0 Å². The summed E-state index contributed by atoms with van der Waals surface area (Å²) in [7, 11) is 0. The lowest BCUT2D eigenvalue weighted by molar-refractivity contribution is 0.314. The first-order valence-electron chi connectivity index (χ1n) is 4.92. The Hall–Kier alpha value is -0.850. The van der Waals surface area contributed by atoms with E-state index < -0.39 is 0 Å². The minimum absolute atomic E-state index is 0.141. The Morgan fingerprint density at radius 3 is 2.85 bits per heavy atom. The molecule has 0 N–H and O–H groups in total. The molecule has 1 heteroatoms. The van der Waals surface area contributed by atoms with Crippen LogP contribution in [0.4, 0.5) is 4.39 Å². The van der Waals surface area contributed by atoms with Crippen LogP contribution < -0.4 is 0 Å². The Morgan fingerprint density at radius 1 is 1.54 bits per heavy atom. The molecule has 1 radical (unpaired) electrons. The van der Waals surface area contributed by atoms with Crippen LogP contribution in [0, 0.1) is 24.7 Å². The molecule has 1 aliphatic carbocycles. The SMILES string of the molecule is Cc1cc(CC2CCC2)[c]cc1F. The molecule has 1 aliphatic rings. The van der Waals surface area contributed by atoms with Crippen molar-refractivity contribution >= 4 is 0 Å². The number of aryl methyl sites for hydroxylation is 1. The molecule has 0 spiro atoms.